The first kappa shape index (κ1) is 18.7. The molecule has 2 N–H and O–H groups in total. The van der Waals surface area contributed by atoms with Crippen LogP contribution in [0.4, 0.5) is 5.69 Å². The van der Waals surface area contributed by atoms with Gasteiger partial charge in [0, 0.05) is 10.6 Å². The molecule has 0 bridgehead atoms. The number of halogens is 1. The van der Waals surface area contributed by atoms with Crippen LogP contribution in [-0.2, 0) is 21.4 Å². The van der Waals surface area contributed by atoms with Crippen LogP contribution in [0.5, 0.6) is 0 Å². The Morgan fingerprint density at radius 3 is 2.54 bits per heavy atom. The highest BCUT2D eigenvalue weighted by atomic mass is 35.5. The first-order valence-electron chi connectivity index (χ1n) is 9.36. The molecule has 144 valence electrons. The van der Waals surface area contributed by atoms with Crippen molar-refractivity contribution in [2.75, 3.05) is 18.0 Å². The maximum atomic E-state index is 13.6. The summed E-state index contributed by atoms with van der Waals surface area (Å²) in [5.74, 6) is -1.32. The van der Waals surface area contributed by atoms with Gasteiger partial charge in [-0.1, -0.05) is 48.0 Å². The van der Waals surface area contributed by atoms with Crippen LogP contribution in [0.3, 0.4) is 0 Å². The summed E-state index contributed by atoms with van der Waals surface area (Å²) in [6.07, 6.45) is 3.24. The fourth-order valence-corrected chi connectivity index (χ4v) is 4.61. The van der Waals surface area contributed by atoms with Crippen molar-refractivity contribution in [3.05, 3.63) is 76.5 Å². The molecule has 2 aromatic rings. The highest BCUT2D eigenvalue weighted by molar-refractivity contribution is 6.33. The predicted molar refractivity (Wildman–Crippen MR) is 109 cm³/mol. The van der Waals surface area contributed by atoms with E-state index >= 15 is 0 Å². The molecule has 0 radical (unpaired) electrons. The molecule has 2 aromatic carbocycles. The summed E-state index contributed by atoms with van der Waals surface area (Å²) in [4.78, 5) is 27.1. The maximum Gasteiger partial charge on any atom is 0.352 e. The van der Waals surface area contributed by atoms with E-state index in [1.807, 2.05) is 30.3 Å². The SMILES string of the molecule is O=C(O)C(=CCc1ccccc1)N1C(=O)C2(CCNCC2)c2c(Cl)cccc21. The number of carboxylic acids is 1. The second-order valence-corrected chi connectivity index (χ2v) is 7.60. The van der Waals surface area contributed by atoms with Gasteiger partial charge in [0.1, 0.15) is 5.70 Å². The first-order chi connectivity index (χ1) is 13.5. The summed E-state index contributed by atoms with van der Waals surface area (Å²) in [5.41, 5.74) is 1.54. The third-order valence-corrected chi connectivity index (χ3v) is 5.93. The minimum absolute atomic E-state index is 0.0206. The van der Waals surface area contributed by atoms with Gasteiger partial charge < -0.3 is 10.4 Å². The zero-order chi connectivity index (χ0) is 19.7. The van der Waals surface area contributed by atoms with Crippen LogP contribution in [0.2, 0.25) is 5.02 Å². The Bertz CT molecular complexity index is 950. The normalized spacial score (nSPS) is 18.4. The molecule has 6 heteroatoms. The summed E-state index contributed by atoms with van der Waals surface area (Å²) in [7, 11) is 0. The Balaban J connectivity index is 1.81. The summed E-state index contributed by atoms with van der Waals surface area (Å²) in [6.45, 7) is 1.39. The molecule has 1 saturated heterocycles. The van der Waals surface area contributed by atoms with Crippen molar-refractivity contribution in [3.63, 3.8) is 0 Å². The third-order valence-electron chi connectivity index (χ3n) is 5.61. The Labute approximate surface area is 168 Å². The Morgan fingerprint density at radius 2 is 1.86 bits per heavy atom. The molecule has 0 aliphatic carbocycles. The second kappa shape index (κ2) is 7.41. The van der Waals surface area contributed by atoms with Gasteiger partial charge in [-0.05, 0) is 56.1 Å². The van der Waals surface area contributed by atoms with Crippen molar-refractivity contribution < 1.29 is 14.7 Å². The Morgan fingerprint density at radius 1 is 1.14 bits per heavy atom. The number of nitrogens with one attached hydrogen (secondary N) is 1. The number of hydrogen-bond acceptors (Lipinski definition) is 3. The Kier molecular flexibility index (Phi) is 4.96. The topological polar surface area (TPSA) is 69.6 Å². The number of aliphatic carboxylic acids is 1. The molecule has 0 aromatic heterocycles. The monoisotopic (exact) mass is 396 g/mol. The number of amides is 1. The van der Waals surface area contributed by atoms with Gasteiger partial charge in [-0.25, -0.2) is 4.79 Å². The largest absolute Gasteiger partial charge is 0.477 e. The van der Waals surface area contributed by atoms with Crippen molar-refractivity contribution in [3.8, 4) is 0 Å². The molecule has 4 rings (SSSR count). The van der Waals surface area contributed by atoms with E-state index in [0.29, 0.717) is 43.1 Å². The van der Waals surface area contributed by atoms with E-state index in [4.69, 9.17) is 11.6 Å². The van der Waals surface area contributed by atoms with Crippen LogP contribution < -0.4 is 10.2 Å². The standard InChI is InChI=1S/C22H21ClN2O3/c23-16-7-4-8-17-19(16)22(11-13-24-14-12-22)21(28)25(17)18(20(26)27)10-9-15-5-2-1-3-6-15/h1-8,10,24H,9,11-14H2,(H,26,27). The van der Waals surface area contributed by atoms with Crippen LogP contribution >= 0.6 is 11.6 Å². The molecular weight excluding hydrogens is 376 g/mol. The highest BCUT2D eigenvalue weighted by Crippen LogP contribution is 2.51. The highest BCUT2D eigenvalue weighted by Gasteiger charge is 2.53. The van der Waals surface area contributed by atoms with E-state index in [1.165, 1.54) is 4.90 Å². The minimum Gasteiger partial charge on any atom is -0.477 e. The van der Waals surface area contributed by atoms with Crippen LogP contribution in [0, 0.1) is 0 Å². The molecule has 1 fully saturated rings. The predicted octanol–water partition coefficient (Wildman–Crippen LogP) is 3.52. The third kappa shape index (κ3) is 3.01. The van der Waals surface area contributed by atoms with Gasteiger partial charge in [-0.3, -0.25) is 9.69 Å². The zero-order valence-electron chi connectivity index (χ0n) is 15.3. The van der Waals surface area contributed by atoms with Crippen molar-refractivity contribution in [2.45, 2.75) is 24.7 Å². The van der Waals surface area contributed by atoms with Crippen LogP contribution in [0.25, 0.3) is 0 Å². The van der Waals surface area contributed by atoms with Gasteiger partial charge in [0.2, 0.25) is 5.91 Å². The number of nitrogens with zero attached hydrogens (tertiary/aromatic N) is 1. The second-order valence-electron chi connectivity index (χ2n) is 7.19. The van der Waals surface area contributed by atoms with Gasteiger partial charge in [0.15, 0.2) is 0 Å². The summed E-state index contributed by atoms with van der Waals surface area (Å²) in [5, 5.41) is 13.7. The smallest absolute Gasteiger partial charge is 0.352 e. The number of rotatable bonds is 4. The van der Waals surface area contributed by atoms with Gasteiger partial charge in [0.25, 0.3) is 0 Å². The van der Waals surface area contributed by atoms with Crippen molar-refractivity contribution in [1.82, 2.24) is 5.32 Å². The molecule has 2 aliphatic rings. The maximum absolute atomic E-state index is 13.6. The number of carboxylic acid groups (broad SMARTS) is 1. The minimum atomic E-state index is -1.12. The number of fused-ring (bicyclic) bond motifs is 2. The number of carbonyl (C=O) groups excluding carboxylic acids is 1. The van der Waals surface area contributed by atoms with Crippen molar-refractivity contribution in [1.29, 1.82) is 0 Å². The van der Waals surface area contributed by atoms with Crippen LogP contribution in [-0.4, -0.2) is 30.1 Å². The van der Waals surface area contributed by atoms with Crippen LogP contribution in [0.1, 0.15) is 24.0 Å². The molecular formula is C22H21ClN2O3. The van der Waals surface area contributed by atoms with Gasteiger partial charge in [-0.2, -0.15) is 0 Å². The summed E-state index contributed by atoms with van der Waals surface area (Å²) >= 11 is 6.51. The fraction of sp³-hybridized carbons (Fsp3) is 0.273. The lowest BCUT2D eigenvalue weighted by Crippen LogP contribution is -2.47. The zero-order valence-corrected chi connectivity index (χ0v) is 16.1. The van der Waals surface area contributed by atoms with Crippen molar-refractivity contribution in [2.24, 2.45) is 0 Å². The molecule has 2 heterocycles. The van der Waals surface area contributed by atoms with E-state index in [-0.39, 0.29) is 11.6 Å². The van der Waals surface area contributed by atoms with E-state index < -0.39 is 11.4 Å². The lowest BCUT2D eigenvalue weighted by atomic mass is 9.74. The van der Waals surface area contributed by atoms with Gasteiger partial charge >= 0.3 is 5.97 Å². The van der Waals surface area contributed by atoms with E-state index in [1.54, 1.807) is 24.3 Å². The molecule has 2 aliphatic heterocycles. The average molecular weight is 397 g/mol. The molecule has 0 unspecified atom stereocenters. The Hall–Kier alpha value is -2.63. The fourth-order valence-electron chi connectivity index (χ4n) is 4.26. The lowest BCUT2D eigenvalue weighted by molar-refractivity contribution is -0.134. The lowest BCUT2D eigenvalue weighted by Gasteiger charge is -2.33. The molecule has 0 atom stereocenters. The molecule has 5 nitrogen and oxygen atoms in total. The number of piperidine rings is 1. The molecule has 0 saturated carbocycles. The number of carbonyl (C=O) groups is 2. The van der Waals surface area contributed by atoms with Gasteiger partial charge in [0.05, 0.1) is 11.1 Å². The van der Waals surface area contributed by atoms with Gasteiger partial charge in [-0.15, -0.1) is 0 Å². The number of hydrogen-bond donors (Lipinski definition) is 2. The summed E-state index contributed by atoms with van der Waals surface area (Å²) < 4.78 is 0. The van der Waals surface area contributed by atoms with Crippen LogP contribution in [0.15, 0.2) is 60.3 Å². The number of benzene rings is 2. The van der Waals surface area contributed by atoms with Crippen molar-refractivity contribution >= 4 is 29.2 Å². The first-order valence-corrected chi connectivity index (χ1v) is 9.74. The molecule has 28 heavy (non-hydrogen) atoms. The number of allylic oxidation sites excluding steroid dienone is 1. The van der Waals surface area contributed by atoms with E-state index in [2.05, 4.69) is 5.32 Å². The summed E-state index contributed by atoms with van der Waals surface area (Å²) in [6, 6.07) is 14.9. The number of anilines is 1. The molecule has 1 spiro atoms. The quantitative estimate of drug-likeness (QED) is 0.776. The van der Waals surface area contributed by atoms with E-state index in [0.717, 1.165) is 11.1 Å². The average Bonchev–Trinajstić information content (AvgIpc) is 2.93. The van der Waals surface area contributed by atoms with E-state index in [9.17, 15) is 14.7 Å². The molecule has 1 amide bonds.